The molecule has 0 spiro atoms. The minimum atomic E-state index is -0.526. The van der Waals surface area contributed by atoms with E-state index in [4.69, 9.17) is 16.3 Å². The van der Waals surface area contributed by atoms with Gasteiger partial charge in [0, 0.05) is 20.6 Å². The number of hydrogen-bond donors (Lipinski definition) is 1. The number of esters is 1. The zero-order chi connectivity index (χ0) is 20.8. The minimum absolute atomic E-state index is 0.307. The molecule has 0 aliphatic carbocycles. The van der Waals surface area contributed by atoms with E-state index >= 15 is 0 Å². The maximum atomic E-state index is 12.4. The summed E-state index contributed by atoms with van der Waals surface area (Å²) in [5.41, 5.74) is 4.91. The first kappa shape index (κ1) is 20.8. The van der Waals surface area contributed by atoms with Crippen LogP contribution in [-0.2, 0) is 0 Å². The van der Waals surface area contributed by atoms with Crippen molar-refractivity contribution in [2.75, 3.05) is 0 Å². The molecule has 0 saturated carbocycles. The van der Waals surface area contributed by atoms with Gasteiger partial charge in [-0.05, 0) is 61.5 Å². The van der Waals surface area contributed by atoms with Crippen LogP contribution in [0.3, 0.4) is 0 Å². The Morgan fingerprint density at radius 3 is 2.34 bits per heavy atom. The Kier molecular flexibility index (Phi) is 6.80. The molecule has 5 nitrogen and oxygen atoms in total. The molecule has 0 saturated heterocycles. The lowest BCUT2D eigenvalue weighted by atomic mass is 10.1. The van der Waals surface area contributed by atoms with Crippen LogP contribution in [0.1, 0.15) is 31.8 Å². The molecule has 3 rings (SSSR count). The van der Waals surface area contributed by atoms with Gasteiger partial charge in [-0.15, -0.1) is 0 Å². The number of hydrogen-bond acceptors (Lipinski definition) is 4. The van der Waals surface area contributed by atoms with E-state index in [0.29, 0.717) is 27.5 Å². The average Bonchev–Trinajstić information content (AvgIpc) is 2.70. The highest BCUT2D eigenvalue weighted by atomic mass is 79.9. The zero-order valence-electron chi connectivity index (χ0n) is 15.4. The second-order valence-electron chi connectivity index (χ2n) is 6.14. The molecule has 0 unspecified atom stereocenters. The third-order valence-electron chi connectivity index (χ3n) is 3.94. The normalized spacial score (nSPS) is 10.7. The lowest BCUT2D eigenvalue weighted by Crippen LogP contribution is -2.17. The van der Waals surface area contributed by atoms with Gasteiger partial charge in [-0.2, -0.15) is 5.10 Å². The van der Waals surface area contributed by atoms with Crippen molar-refractivity contribution in [3.8, 4) is 5.75 Å². The first-order chi connectivity index (χ1) is 13.9. The van der Waals surface area contributed by atoms with Crippen molar-refractivity contribution in [1.82, 2.24) is 5.43 Å². The van der Waals surface area contributed by atoms with Gasteiger partial charge in [-0.25, -0.2) is 10.2 Å². The minimum Gasteiger partial charge on any atom is -0.422 e. The number of ether oxygens (including phenoxy) is 1. The molecule has 0 heterocycles. The van der Waals surface area contributed by atoms with Gasteiger partial charge in [0.2, 0.25) is 0 Å². The summed E-state index contributed by atoms with van der Waals surface area (Å²) < 4.78 is 6.25. The topological polar surface area (TPSA) is 67.8 Å². The van der Waals surface area contributed by atoms with E-state index in [-0.39, 0.29) is 5.91 Å². The first-order valence-corrected chi connectivity index (χ1v) is 9.77. The van der Waals surface area contributed by atoms with Gasteiger partial charge in [0.25, 0.3) is 5.91 Å². The van der Waals surface area contributed by atoms with Gasteiger partial charge in [0.15, 0.2) is 0 Å². The summed E-state index contributed by atoms with van der Waals surface area (Å²) in [5.74, 6) is -0.556. The Bertz CT molecular complexity index is 1060. The third kappa shape index (κ3) is 5.76. The number of halogens is 2. The SMILES string of the molecule is Cc1ccc(C(=O)N/N=C\c2cc(Br)ccc2OC(=O)c2ccc(Cl)cc2)cc1. The maximum absolute atomic E-state index is 12.4. The molecule has 0 bridgehead atoms. The van der Waals surface area contributed by atoms with Crippen molar-refractivity contribution in [1.29, 1.82) is 0 Å². The van der Waals surface area contributed by atoms with E-state index in [0.717, 1.165) is 10.0 Å². The van der Waals surface area contributed by atoms with Gasteiger partial charge in [0.1, 0.15) is 5.75 Å². The Morgan fingerprint density at radius 2 is 1.66 bits per heavy atom. The fraction of sp³-hybridized carbons (Fsp3) is 0.0455. The number of carbonyl (C=O) groups excluding carboxylic acids is 2. The van der Waals surface area contributed by atoms with Gasteiger partial charge < -0.3 is 4.74 Å². The Morgan fingerprint density at radius 1 is 1.00 bits per heavy atom. The average molecular weight is 472 g/mol. The van der Waals surface area contributed by atoms with Crippen LogP contribution in [0.4, 0.5) is 0 Å². The van der Waals surface area contributed by atoms with Crippen LogP contribution in [0.15, 0.2) is 76.3 Å². The lowest BCUT2D eigenvalue weighted by Gasteiger charge is -2.08. The number of nitrogens with one attached hydrogen (secondary N) is 1. The molecule has 0 atom stereocenters. The summed E-state index contributed by atoms with van der Waals surface area (Å²) in [4.78, 5) is 24.5. The summed E-state index contributed by atoms with van der Waals surface area (Å²) in [6.45, 7) is 1.94. The molecule has 0 radical (unpaired) electrons. The van der Waals surface area contributed by atoms with Crippen molar-refractivity contribution < 1.29 is 14.3 Å². The third-order valence-corrected chi connectivity index (χ3v) is 4.68. The van der Waals surface area contributed by atoms with Gasteiger partial charge in [-0.3, -0.25) is 4.79 Å². The number of rotatable bonds is 5. The van der Waals surface area contributed by atoms with E-state index in [9.17, 15) is 9.59 Å². The molecule has 1 amide bonds. The van der Waals surface area contributed by atoms with Crippen LogP contribution < -0.4 is 10.2 Å². The van der Waals surface area contributed by atoms with E-state index in [1.165, 1.54) is 6.21 Å². The smallest absolute Gasteiger partial charge is 0.343 e. The highest BCUT2D eigenvalue weighted by Crippen LogP contribution is 2.23. The van der Waals surface area contributed by atoms with Crippen molar-refractivity contribution in [3.63, 3.8) is 0 Å². The predicted octanol–water partition coefficient (Wildman–Crippen LogP) is 5.39. The van der Waals surface area contributed by atoms with Crippen molar-refractivity contribution in [2.45, 2.75) is 6.92 Å². The highest BCUT2D eigenvalue weighted by molar-refractivity contribution is 9.10. The van der Waals surface area contributed by atoms with Crippen molar-refractivity contribution in [3.05, 3.63) is 98.5 Å². The van der Waals surface area contributed by atoms with Crippen LogP contribution in [0, 0.1) is 6.92 Å². The molecule has 0 aromatic heterocycles. The summed E-state index contributed by atoms with van der Waals surface area (Å²) in [6, 6.07) is 18.6. The Labute approximate surface area is 181 Å². The fourth-order valence-electron chi connectivity index (χ4n) is 2.39. The number of hydrazone groups is 1. The number of aryl methyl sites for hydroxylation is 1. The van der Waals surface area contributed by atoms with Crippen LogP contribution >= 0.6 is 27.5 Å². The zero-order valence-corrected chi connectivity index (χ0v) is 17.7. The molecule has 146 valence electrons. The second kappa shape index (κ2) is 9.49. The second-order valence-corrected chi connectivity index (χ2v) is 7.50. The van der Waals surface area contributed by atoms with Crippen LogP contribution in [0.25, 0.3) is 0 Å². The molecule has 29 heavy (non-hydrogen) atoms. The highest BCUT2D eigenvalue weighted by Gasteiger charge is 2.12. The van der Waals surface area contributed by atoms with Gasteiger partial charge in [0.05, 0.1) is 11.8 Å². The summed E-state index contributed by atoms with van der Waals surface area (Å²) >= 11 is 9.22. The monoisotopic (exact) mass is 470 g/mol. The molecule has 0 aliphatic rings. The molecule has 0 fully saturated rings. The Hall–Kier alpha value is -2.96. The molecular weight excluding hydrogens is 456 g/mol. The van der Waals surface area contributed by atoms with E-state index in [1.807, 2.05) is 19.1 Å². The first-order valence-electron chi connectivity index (χ1n) is 8.60. The van der Waals surface area contributed by atoms with Crippen LogP contribution in [-0.4, -0.2) is 18.1 Å². The molecule has 1 N–H and O–H groups in total. The largest absolute Gasteiger partial charge is 0.422 e. The molecule has 3 aromatic carbocycles. The summed E-state index contributed by atoms with van der Waals surface area (Å²) in [6.07, 6.45) is 1.42. The molecule has 0 aliphatic heterocycles. The maximum Gasteiger partial charge on any atom is 0.343 e. The van der Waals surface area contributed by atoms with Gasteiger partial charge in [-0.1, -0.05) is 45.2 Å². The molecular formula is C22H16BrClN2O3. The standard InChI is InChI=1S/C22H16BrClN2O3/c1-14-2-4-15(5-3-14)21(27)26-25-13-17-12-18(23)8-11-20(17)29-22(28)16-6-9-19(24)10-7-16/h2-13H,1H3,(H,26,27)/b25-13-. The lowest BCUT2D eigenvalue weighted by molar-refractivity contribution is 0.0734. The van der Waals surface area contributed by atoms with Crippen molar-refractivity contribution in [2.24, 2.45) is 5.10 Å². The Balaban J connectivity index is 1.73. The van der Waals surface area contributed by atoms with Gasteiger partial charge >= 0.3 is 5.97 Å². The number of carbonyl (C=O) groups is 2. The number of benzene rings is 3. The summed E-state index contributed by atoms with van der Waals surface area (Å²) in [7, 11) is 0. The van der Waals surface area contributed by atoms with Crippen LogP contribution in [0.5, 0.6) is 5.75 Å². The number of amides is 1. The quantitative estimate of drug-likeness (QED) is 0.235. The van der Waals surface area contributed by atoms with E-state index in [1.54, 1.807) is 54.6 Å². The van der Waals surface area contributed by atoms with E-state index in [2.05, 4.69) is 26.5 Å². The summed E-state index contributed by atoms with van der Waals surface area (Å²) in [5, 5.41) is 4.51. The van der Waals surface area contributed by atoms with Crippen LogP contribution in [0.2, 0.25) is 5.02 Å². The molecule has 7 heteroatoms. The fourth-order valence-corrected chi connectivity index (χ4v) is 2.89. The van der Waals surface area contributed by atoms with Crippen molar-refractivity contribution >= 4 is 45.6 Å². The molecule has 3 aromatic rings. The number of nitrogens with zero attached hydrogens (tertiary/aromatic N) is 1. The predicted molar refractivity (Wildman–Crippen MR) is 117 cm³/mol. The van der Waals surface area contributed by atoms with E-state index < -0.39 is 5.97 Å².